The van der Waals surface area contributed by atoms with Crippen molar-refractivity contribution in [2.75, 3.05) is 62.8 Å². The number of benzene rings is 1. The first-order valence-electron chi connectivity index (χ1n) is 13.3. The van der Waals surface area contributed by atoms with Crippen LogP contribution in [0.15, 0.2) is 48.8 Å². The van der Waals surface area contributed by atoms with E-state index in [0.717, 1.165) is 34.6 Å². The van der Waals surface area contributed by atoms with Gasteiger partial charge >= 0.3 is 6.18 Å². The molecule has 9 nitrogen and oxygen atoms in total. The van der Waals surface area contributed by atoms with Gasteiger partial charge in [-0.25, -0.2) is 4.98 Å². The molecular weight excluding hydrogens is 551 g/mol. The van der Waals surface area contributed by atoms with Gasteiger partial charge in [-0.1, -0.05) is 12.0 Å². The summed E-state index contributed by atoms with van der Waals surface area (Å²) < 4.78 is 49.9. The number of rotatable bonds is 5. The van der Waals surface area contributed by atoms with Crippen LogP contribution in [0.25, 0.3) is 11.1 Å². The van der Waals surface area contributed by atoms with Crippen molar-refractivity contribution < 1.29 is 32.2 Å². The molecule has 218 valence electrons. The van der Waals surface area contributed by atoms with Crippen molar-refractivity contribution in [1.29, 1.82) is 0 Å². The van der Waals surface area contributed by atoms with Gasteiger partial charge < -0.3 is 24.6 Å². The fraction of sp³-hybridized carbons (Fsp3) is 0.333. The number of aryl methyl sites for hydroxylation is 1. The molecule has 42 heavy (non-hydrogen) atoms. The van der Waals surface area contributed by atoms with E-state index in [4.69, 9.17) is 9.47 Å². The second kappa shape index (κ2) is 12.6. The number of ether oxygens (including phenoxy) is 2. The Morgan fingerprint density at radius 2 is 1.83 bits per heavy atom. The largest absolute Gasteiger partial charge is 0.433 e. The first-order chi connectivity index (χ1) is 20.2. The Morgan fingerprint density at radius 3 is 2.60 bits per heavy atom. The second-order valence-electron chi connectivity index (χ2n) is 9.77. The van der Waals surface area contributed by atoms with E-state index >= 15 is 0 Å². The summed E-state index contributed by atoms with van der Waals surface area (Å²) in [7, 11) is 0. The summed E-state index contributed by atoms with van der Waals surface area (Å²) in [5, 5.41) is 2.68. The van der Waals surface area contributed by atoms with Gasteiger partial charge in [-0.15, -0.1) is 0 Å². The number of pyridine rings is 2. The number of halogens is 3. The van der Waals surface area contributed by atoms with Crippen LogP contribution in [0.2, 0.25) is 0 Å². The lowest BCUT2D eigenvalue weighted by Gasteiger charge is -2.29. The molecule has 0 aliphatic carbocycles. The monoisotopic (exact) mass is 579 g/mol. The molecule has 0 atom stereocenters. The van der Waals surface area contributed by atoms with Gasteiger partial charge in [0.05, 0.1) is 32.1 Å². The third-order valence-electron chi connectivity index (χ3n) is 6.90. The molecule has 0 unspecified atom stereocenters. The predicted molar refractivity (Wildman–Crippen MR) is 149 cm³/mol. The SMILES string of the molecule is Cc1ccc(NC(=O)c2ccnc(C(F)(F)F)c2)cc1-c1cnc(C#CCN2CCOCC2=O)c(N2CCOCC2)c1. The van der Waals surface area contributed by atoms with Gasteiger partial charge in [0.25, 0.3) is 5.91 Å². The van der Waals surface area contributed by atoms with Crippen molar-refractivity contribution >= 4 is 23.2 Å². The molecule has 1 aromatic carbocycles. The quantitative estimate of drug-likeness (QED) is 0.460. The van der Waals surface area contributed by atoms with Crippen molar-refractivity contribution in [3.63, 3.8) is 0 Å². The Hall–Kier alpha value is -4.47. The molecule has 2 aliphatic rings. The highest BCUT2D eigenvalue weighted by Gasteiger charge is 2.33. The summed E-state index contributed by atoms with van der Waals surface area (Å²) in [5.41, 5.74) is 3.00. The van der Waals surface area contributed by atoms with Gasteiger partial charge in [-0.3, -0.25) is 14.6 Å². The highest BCUT2D eigenvalue weighted by Crippen LogP contribution is 2.32. The van der Waals surface area contributed by atoms with Crippen molar-refractivity contribution in [1.82, 2.24) is 14.9 Å². The molecule has 5 rings (SSSR count). The maximum absolute atomic E-state index is 13.1. The van der Waals surface area contributed by atoms with E-state index in [0.29, 0.717) is 50.8 Å². The van der Waals surface area contributed by atoms with Crippen molar-refractivity contribution in [3.05, 3.63) is 71.3 Å². The fourth-order valence-corrected chi connectivity index (χ4v) is 4.62. The van der Waals surface area contributed by atoms with Gasteiger partial charge in [0.2, 0.25) is 5.91 Å². The number of morpholine rings is 2. The minimum absolute atomic E-state index is 0.0592. The first kappa shape index (κ1) is 29.0. The molecule has 2 aliphatic heterocycles. The number of alkyl halides is 3. The van der Waals surface area contributed by atoms with E-state index in [1.807, 2.05) is 19.1 Å². The average Bonchev–Trinajstić information content (AvgIpc) is 2.99. The third-order valence-corrected chi connectivity index (χ3v) is 6.90. The second-order valence-corrected chi connectivity index (χ2v) is 9.77. The Balaban J connectivity index is 1.41. The summed E-state index contributed by atoms with van der Waals surface area (Å²) in [5.74, 6) is 5.41. The van der Waals surface area contributed by atoms with Crippen LogP contribution in [-0.2, 0) is 20.4 Å². The van der Waals surface area contributed by atoms with Crippen LogP contribution >= 0.6 is 0 Å². The Morgan fingerprint density at radius 1 is 1.05 bits per heavy atom. The summed E-state index contributed by atoms with van der Waals surface area (Å²) in [6.45, 7) is 5.66. The minimum atomic E-state index is -4.66. The van der Waals surface area contributed by atoms with Crippen LogP contribution < -0.4 is 10.2 Å². The molecular formula is C30H28F3N5O4. The van der Waals surface area contributed by atoms with Crippen molar-refractivity contribution in [2.24, 2.45) is 0 Å². The zero-order valence-corrected chi connectivity index (χ0v) is 22.8. The number of hydrogen-bond acceptors (Lipinski definition) is 7. The Bertz CT molecular complexity index is 1540. The fourth-order valence-electron chi connectivity index (χ4n) is 4.62. The average molecular weight is 580 g/mol. The van der Waals surface area contributed by atoms with Crippen LogP contribution in [0.1, 0.15) is 27.3 Å². The van der Waals surface area contributed by atoms with Crippen LogP contribution in [0.3, 0.4) is 0 Å². The summed E-state index contributed by atoms with van der Waals surface area (Å²) in [6, 6.07) is 9.19. The number of carbonyl (C=O) groups is 2. The standard InChI is InChI=1S/C30H28F3N5O4/c1-20-4-5-23(36-29(40)21-6-7-34-27(16-21)30(31,32)33)17-24(20)22-15-26(37-9-12-41-13-10-37)25(35-18-22)3-2-8-38-11-14-42-19-28(38)39/h4-7,15-18H,8-14,19H2,1H3,(H,36,40). The lowest BCUT2D eigenvalue weighted by Crippen LogP contribution is -2.41. The third kappa shape index (κ3) is 6.87. The number of aromatic nitrogens is 2. The number of carbonyl (C=O) groups excluding carboxylic acids is 2. The van der Waals surface area contributed by atoms with Crippen LogP contribution in [0, 0.1) is 18.8 Å². The summed E-state index contributed by atoms with van der Waals surface area (Å²) in [6.07, 6.45) is -2.00. The van der Waals surface area contributed by atoms with E-state index in [1.165, 1.54) is 6.07 Å². The van der Waals surface area contributed by atoms with E-state index in [2.05, 4.69) is 32.0 Å². The topological polar surface area (TPSA) is 96.9 Å². The summed E-state index contributed by atoms with van der Waals surface area (Å²) in [4.78, 5) is 36.6. The Kier molecular flexibility index (Phi) is 8.70. The minimum Gasteiger partial charge on any atom is -0.378 e. The van der Waals surface area contributed by atoms with Gasteiger partial charge in [-0.2, -0.15) is 13.2 Å². The maximum Gasteiger partial charge on any atom is 0.433 e. The lowest BCUT2D eigenvalue weighted by atomic mass is 10.00. The van der Waals surface area contributed by atoms with E-state index in [-0.39, 0.29) is 24.6 Å². The molecule has 2 saturated heterocycles. The van der Waals surface area contributed by atoms with Gasteiger partial charge in [0, 0.05) is 48.8 Å². The number of nitrogens with one attached hydrogen (secondary N) is 1. The maximum atomic E-state index is 13.1. The highest BCUT2D eigenvalue weighted by molar-refractivity contribution is 6.04. The van der Waals surface area contributed by atoms with Crippen molar-refractivity contribution in [3.8, 4) is 23.0 Å². The normalized spacial score (nSPS) is 15.7. The molecule has 3 aromatic rings. The molecule has 0 bridgehead atoms. The van der Waals surface area contributed by atoms with E-state index in [9.17, 15) is 22.8 Å². The molecule has 2 aromatic heterocycles. The number of nitrogens with zero attached hydrogens (tertiary/aromatic N) is 4. The number of hydrogen-bond donors (Lipinski definition) is 1. The van der Waals surface area contributed by atoms with Crippen LogP contribution in [0.5, 0.6) is 0 Å². The number of anilines is 2. The molecule has 12 heteroatoms. The predicted octanol–water partition coefficient (Wildman–Crippen LogP) is 3.77. The molecule has 2 fully saturated rings. The zero-order valence-electron chi connectivity index (χ0n) is 22.8. The van der Waals surface area contributed by atoms with Crippen molar-refractivity contribution in [2.45, 2.75) is 13.1 Å². The van der Waals surface area contributed by atoms with E-state index < -0.39 is 17.8 Å². The highest BCUT2D eigenvalue weighted by atomic mass is 19.4. The molecule has 0 radical (unpaired) electrons. The van der Waals surface area contributed by atoms with Gasteiger partial charge in [0.1, 0.15) is 18.0 Å². The van der Waals surface area contributed by atoms with Gasteiger partial charge in [0.15, 0.2) is 0 Å². The number of amides is 2. The molecule has 2 amide bonds. The first-order valence-corrected chi connectivity index (χ1v) is 13.3. The Labute approximate surface area is 240 Å². The molecule has 1 N–H and O–H groups in total. The van der Waals surface area contributed by atoms with Crippen LogP contribution in [-0.4, -0.2) is 79.3 Å². The lowest BCUT2D eigenvalue weighted by molar-refractivity contribution is -0.142. The summed E-state index contributed by atoms with van der Waals surface area (Å²) >= 11 is 0. The zero-order chi connectivity index (χ0) is 29.7. The molecule has 4 heterocycles. The van der Waals surface area contributed by atoms with Crippen LogP contribution in [0.4, 0.5) is 24.5 Å². The van der Waals surface area contributed by atoms with E-state index in [1.54, 1.807) is 23.2 Å². The smallest absolute Gasteiger partial charge is 0.378 e. The molecule has 0 saturated carbocycles. The molecule has 0 spiro atoms. The van der Waals surface area contributed by atoms with Gasteiger partial charge in [-0.05, 0) is 54.3 Å².